The number of fused-ring (bicyclic) bond motifs is 1. The molecule has 0 radical (unpaired) electrons. The summed E-state index contributed by atoms with van der Waals surface area (Å²) in [6, 6.07) is 5.80. The van der Waals surface area contributed by atoms with Crippen molar-refractivity contribution in [2.24, 2.45) is 5.92 Å². The summed E-state index contributed by atoms with van der Waals surface area (Å²) in [5.74, 6) is -0.101. The van der Waals surface area contributed by atoms with Crippen LogP contribution < -0.4 is 4.72 Å². The first-order chi connectivity index (χ1) is 12.7. The number of likely N-dealkylation sites (tertiary alicyclic amines) is 1. The van der Waals surface area contributed by atoms with Gasteiger partial charge in [0.1, 0.15) is 6.04 Å². The maximum Gasteiger partial charge on any atom is 0.241 e. The highest BCUT2D eigenvalue weighted by atomic mass is 32.2. The first-order valence-corrected chi connectivity index (χ1v) is 11.3. The van der Waals surface area contributed by atoms with Gasteiger partial charge in [0.05, 0.1) is 10.5 Å². The van der Waals surface area contributed by atoms with Crippen LogP contribution in [0.3, 0.4) is 0 Å². The van der Waals surface area contributed by atoms with Crippen LogP contribution in [-0.4, -0.2) is 49.1 Å². The van der Waals surface area contributed by atoms with Gasteiger partial charge in [-0.15, -0.1) is 0 Å². The highest BCUT2D eigenvalue weighted by molar-refractivity contribution is 7.89. The number of hydrogen-bond acceptors (Lipinski definition) is 4. The number of carbonyl (C=O) groups is 1. The van der Waals surface area contributed by atoms with Crippen molar-refractivity contribution in [3.63, 3.8) is 0 Å². The van der Waals surface area contributed by atoms with Crippen molar-refractivity contribution in [3.8, 4) is 0 Å². The Balaban J connectivity index is 1.70. The van der Waals surface area contributed by atoms with Crippen LogP contribution in [0, 0.1) is 12.8 Å². The molecule has 27 heavy (non-hydrogen) atoms. The molecule has 2 N–H and O–H groups in total. The molecule has 150 valence electrons. The fourth-order valence-corrected chi connectivity index (χ4v) is 5.55. The quantitative estimate of drug-likeness (QED) is 0.802. The van der Waals surface area contributed by atoms with Gasteiger partial charge in [-0.3, -0.25) is 4.79 Å². The average Bonchev–Trinajstić information content (AvgIpc) is 2.65. The fourth-order valence-electron chi connectivity index (χ4n) is 4.27. The number of nitrogens with one attached hydrogen (secondary N) is 1. The zero-order chi connectivity index (χ0) is 19.7. The van der Waals surface area contributed by atoms with Crippen LogP contribution in [0.4, 0.5) is 0 Å². The zero-order valence-corrected chi connectivity index (χ0v) is 17.0. The maximum absolute atomic E-state index is 13.0. The summed E-state index contributed by atoms with van der Waals surface area (Å²) in [7, 11) is -3.75. The minimum atomic E-state index is -3.75. The summed E-state index contributed by atoms with van der Waals surface area (Å²) in [5, 5.41) is 10.8. The molecule has 1 aliphatic heterocycles. The summed E-state index contributed by atoms with van der Waals surface area (Å²) >= 11 is 0. The van der Waals surface area contributed by atoms with E-state index in [1.807, 2.05) is 6.92 Å². The van der Waals surface area contributed by atoms with Gasteiger partial charge < -0.3 is 10.0 Å². The van der Waals surface area contributed by atoms with Crippen molar-refractivity contribution < 1.29 is 18.3 Å². The van der Waals surface area contributed by atoms with E-state index in [2.05, 4.69) is 4.72 Å². The van der Waals surface area contributed by atoms with E-state index in [-0.39, 0.29) is 16.7 Å². The molecule has 2 aliphatic rings. The Hall–Kier alpha value is -1.44. The average molecular weight is 395 g/mol. The largest absolute Gasteiger partial charge is 0.389 e. The third-order valence-corrected chi connectivity index (χ3v) is 7.56. The zero-order valence-electron chi connectivity index (χ0n) is 16.1. The number of aryl methyl sites for hydroxylation is 1. The van der Waals surface area contributed by atoms with E-state index in [4.69, 9.17) is 0 Å². The Morgan fingerprint density at radius 2 is 2.00 bits per heavy atom. The molecule has 0 bridgehead atoms. The first kappa shape index (κ1) is 20.3. The van der Waals surface area contributed by atoms with Crippen LogP contribution in [0.1, 0.15) is 51.0 Å². The molecule has 0 spiro atoms. The summed E-state index contributed by atoms with van der Waals surface area (Å²) in [5.41, 5.74) is 0.323. The lowest BCUT2D eigenvalue weighted by Crippen LogP contribution is -2.58. The van der Waals surface area contributed by atoms with E-state index in [0.717, 1.165) is 31.2 Å². The second-order valence-electron chi connectivity index (χ2n) is 7.98. The van der Waals surface area contributed by atoms with Crippen LogP contribution in [0.5, 0.6) is 0 Å². The van der Waals surface area contributed by atoms with Gasteiger partial charge in [0.15, 0.2) is 0 Å². The van der Waals surface area contributed by atoms with Gasteiger partial charge in [0.2, 0.25) is 15.9 Å². The predicted octanol–water partition coefficient (Wildman–Crippen LogP) is 2.21. The highest BCUT2D eigenvalue weighted by Crippen LogP contribution is 2.39. The number of sulfonamides is 1. The smallest absolute Gasteiger partial charge is 0.241 e. The van der Waals surface area contributed by atoms with Gasteiger partial charge in [-0.1, -0.05) is 37.5 Å². The fraction of sp³-hybridized carbons (Fsp3) is 0.650. The number of rotatable bonds is 5. The molecule has 1 saturated heterocycles. The standard InChI is InChI=1S/C20H30N2O4S/c1-3-18(21-27(25,26)17-9-7-15(2)8-10-17)19(23)22-13-12-20(24)11-5-4-6-16(20)14-22/h7-10,16,18,21,24H,3-6,11-14H2,1-2H3/t16-,18+,20+/m1/s1. The topological polar surface area (TPSA) is 86.7 Å². The Bertz CT molecular complexity index is 778. The number of hydrogen-bond donors (Lipinski definition) is 2. The second kappa shape index (κ2) is 7.89. The molecule has 7 heteroatoms. The van der Waals surface area contributed by atoms with Crippen molar-refractivity contribution >= 4 is 15.9 Å². The normalized spacial score (nSPS) is 27.1. The third-order valence-electron chi connectivity index (χ3n) is 6.07. The molecule has 6 nitrogen and oxygen atoms in total. The van der Waals surface area contributed by atoms with Crippen molar-refractivity contribution in [1.29, 1.82) is 0 Å². The molecule has 3 rings (SSSR count). The summed E-state index contributed by atoms with van der Waals surface area (Å²) in [4.78, 5) is 14.9. The molecule has 1 aromatic rings. The van der Waals surface area contributed by atoms with Gasteiger partial charge in [-0.2, -0.15) is 4.72 Å². The lowest BCUT2D eigenvalue weighted by Gasteiger charge is -2.47. The maximum atomic E-state index is 13.0. The Morgan fingerprint density at radius 1 is 1.30 bits per heavy atom. The van der Waals surface area contributed by atoms with Gasteiger partial charge >= 0.3 is 0 Å². The van der Waals surface area contributed by atoms with E-state index >= 15 is 0 Å². The van der Waals surface area contributed by atoms with Gasteiger partial charge in [0.25, 0.3) is 0 Å². The number of aliphatic hydroxyl groups is 1. The van der Waals surface area contributed by atoms with Crippen molar-refractivity contribution in [1.82, 2.24) is 9.62 Å². The lowest BCUT2D eigenvalue weighted by atomic mass is 9.71. The summed E-state index contributed by atoms with van der Waals surface area (Å²) in [6.07, 6.45) is 4.80. The molecule has 1 heterocycles. The van der Waals surface area contributed by atoms with Crippen molar-refractivity contribution in [2.75, 3.05) is 13.1 Å². The Kier molecular flexibility index (Phi) is 5.93. The number of carbonyl (C=O) groups excluding carboxylic acids is 1. The highest BCUT2D eigenvalue weighted by Gasteiger charge is 2.44. The third kappa shape index (κ3) is 4.36. The van der Waals surface area contributed by atoms with Crippen LogP contribution in [0.2, 0.25) is 0 Å². The number of piperidine rings is 1. The molecular formula is C20H30N2O4S. The molecule has 0 unspecified atom stereocenters. The van der Waals surface area contributed by atoms with Crippen LogP contribution in [-0.2, 0) is 14.8 Å². The van der Waals surface area contributed by atoms with Gasteiger partial charge in [0, 0.05) is 19.0 Å². The van der Waals surface area contributed by atoms with E-state index in [9.17, 15) is 18.3 Å². The van der Waals surface area contributed by atoms with Crippen molar-refractivity contribution in [2.45, 2.75) is 68.9 Å². The number of benzene rings is 1. The minimum Gasteiger partial charge on any atom is -0.389 e. The molecule has 3 atom stereocenters. The molecular weight excluding hydrogens is 364 g/mol. The van der Waals surface area contributed by atoms with Crippen LogP contribution in [0.25, 0.3) is 0 Å². The molecule has 1 aliphatic carbocycles. The Morgan fingerprint density at radius 3 is 2.67 bits per heavy atom. The Labute approximate surface area is 162 Å². The lowest BCUT2D eigenvalue weighted by molar-refractivity contribution is -0.145. The SMILES string of the molecule is CC[C@H](NS(=O)(=O)c1ccc(C)cc1)C(=O)N1CC[C@@]2(O)CCCC[C@@H]2C1. The summed E-state index contributed by atoms with van der Waals surface area (Å²) in [6.45, 7) is 4.69. The molecule has 1 amide bonds. The minimum absolute atomic E-state index is 0.0927. The first-order valence-electron chi connectivity index (χ1n) is 9.85. The monoisotopic (exact) mass is 394 g/mol. The van der Waals surface area contributed by atoms with E-state index in [1.54, 1.807) is 36.1 Å². The number of nitrogens with zero attached hydrogens (tertiary/aromatic N) is 1. The summed E-state index contributed by atoms with van der Waals surface area (Å²) < 4.78 is 27.9. The van der Waals surface area contributed by atoms with Crippen molar-refractivity contribution in [3.05, 3.63) is 29.8 Å². The molecule has 2 fully saturated rings. The van der Waals surface area contributed by atoms with Gasteiger partial charge in [-0.25, -0.2) is 8.42 Å². The number of amides is 1. The second-order valence-corrected chi connectivity index (χ2v) is 9.69. The molecule has 0 aromatic heterocycles. The van der Waals surface area contributed by atoms with E-state index < -0.39 is 21.7 Å². The van der Waals surface area contributed by atoms with Gasteiger partial charge in [-0.05, 0) is 44.7 Å². The van der Waals surface area contributed by atoms with E-state index in [1.165, 1.54) is 0 Å². The van der Waals surface area contributed by atoms with E-state index in [0.29, 0.717) is 25.9 Å². The molecule has 1 aromatic carbocycles. The predicted molar refractivity (Wildman–Crippen MR) is 104 cm³/mol. The van der Waals surface area contributed by atoms with Crippen LogP contribution >= 0.6 is 0 Å². The molecule has 1 saturated carbocycles. The van der Waals surface area contributed by atoms with Crippen LogP contribution in [0.15, 0.2) is 29.2 Å².